The lowest BCUT2D eigenvalue weighted by atomic mass is 10.0. The standard InChI is InChI=1S/C24H48FO6P/c1-4-7-8-9-10-11-12-13-14-15-16-17-18-19-24(27)29-21-22(26)20-23(25)32(28,30-5-2)31-6-3/h22-23,26H,4-21H2,1-3H3/t22-,23?/m0/s1. The molecule has 8 heteroatoms. The van der Waals surface area contributed by atoms with Gasteiger partial charge >= 0.3 is 13.6 Å². The van der Waals surface area contributed by atoms with Crippen LogP contribution in [0.15, 0.2) is 0 Å². The molecule has 0 aromatic rings. The number of aliphatic hydroxyl groups excluding tert-OH is 1. The first-order chi connectivity index (χ1) is 15.4. The first-order valence-corrected chi connectivity index (χ1v) is 14.4. The lowest BCUT2D eigenvalue weighted by Gasteiger charge is -2.22. The number of carbonyl (C=O) groups is 1. The second-order valence-corrected chi connectivity index (χ2v) is 10.5. The highest BCUT2D eigenvalue weighted by molar-refractivity contribution is 7.54. The van der Waals surface area contributed by atoms with E-state index in [1.165, 1.54) is 64.2 Å². The maximum absolute atomic E-state index is 14.3. The van der Waals surface area contributed by atoms with Crippen LogP contribution in [-0.4, -0.2) is 42.9 Å². The molecule has 192 valence electrons. The molecule has 32 heavy (non-hydrogen) atoms. The molecule has 0 aromatic carbocycles. The SMILES string of the molecule is CCCCCCCCCCCCCCCC(=O)OC[C@@H](O)CC(F)P(=O)(OCC)OCC. The van der Waals surface area contributed by atoms with Gasteiger partial charge in [0.1, 0.15) is 6.61 Å². The molecule has 1 unspecified atom stereocenters. The van der Waals surface area contributed by atoms with Crippen molar-refractivity contribution in [1.82, 2.24) is 0 Å². The number of hydrogen-bond acceptors (Lipinski definition) is 6. The van der Waals surface area contributed by atoms with Crippen molar-refractivity contribution in [3.05, 3.63) is 0 Å². The van der Waals surface area contributed by atoms with Crippen molar-refractivity contribution in [1.29, 1.82) is 0 Å². The minimum absolute atomic E-state index is 0.0436. The molecule has 0 bridgehead atoms. The quantitative estimate of drug-likeness (QED) is 0.0933. The number of esters is 1. The fourth-order valence-corrected chi connectivity index (χ4v) is 5.15. The second kappa shape index (κ2) is 21.1. The Morgan fingerprint density at radius 2 is 1.25 bits per heavy atom. The van der Waals surface area contributed by atoms with Crippen LogP contribution in [0.4, 0.5) is 4.39 Å². The summed E-state index contributed by atoms with van der Waals surface area (Å²) in [4.78, 5) is 11.8. The van der Waals surface area contributed by atoms with Gasteiger partial charge in [0.15, 0.2) is 0 Å². The van der Waals surface area contributed by atoms with Crippen molar-refractivity contribution in [2.75, 3.05) is 19.8 Å². The van der Waals surface area contributed by atoms with Gasteiger partial charge in [-0.3, -0.25) is 9.36 Å². The summed E-state index contributed by atoms with van der Waals surface area (Å²) in [6.07, 6.45) is 14.6. The van der Waals surface area contributed by atoms with E-state index < -0.39 is 32.0 Å². The highest BCUT2D eigenvalue weighted by Gasteiger charge is 2.37. The van der Waals surface area contributed by atoms with E-state index in [1.54, 1.807) is 13.8 Å². The Balaban J connectivity index is 3.69. The summed E-state index contributed by atoms with van der Waals surface area (Å²) in [5.74, 6) is -2.36. The first kappa shape index (κ1) is 31.5. The number of carbonyl (C=O) groups excluding carboxylic acids is 1. The summed E-state index contributed by atoms with van der Waals surface area (Å²) in [6.45, 7) is 5.19. The molecule has 0 spiro atoms. The lowest BCUT2D eigenvalue weighted by molar-refractivity contribution is -0.147. The zero-order chi connectivity index (χ0) is 24.1. The van der Waals surface area contributed by atoms with Crippen LogP contribution in [0.25, 0.3) is 0 Å². The number of unbranched alkanes of at least 4 members (excludes halogenated alkanes) is 12. The van der Waals surface area contributed by atoms with Crippen LogP contribution in [0.5, 0.6) is 0 Å². The summed E-state index contributed by atoms with van der Waals surface area (Å²) >= 11 is 0. The summed E-state index contributed by atoms with van der Waals surface area (Å²) in [5.41, 5.74) is 0. The Morgan fingerprint density at radius 3 is 1.69 bits per heavy atom. The van der Waals surface area contributed by atoms with Gasteiger partial charge in [-0.1, -0.05) is 84.0 Å². The summed E-state index contributed by atoms with van der Waals surface area (Å²) in [6, 6.07) is 0. The third kappa shape index (κ3) is 17.0. The van der Waals surface area contributed by atoms with Crippen LogP contribution >= 0.6 is 7.60 Å². The average Bonchev–Trinajstić information content (AvgIpc) is 2.75. The van der Waals surface area contributed by atoms with E-state index in [0.717, 1.165) is 19.3 Å². The highest BCUT2D eigenvalue weighted by Crippen LogP contribution is 2.55. The molecule has 6 nitrogen and oxygen atoms in total. The molecule has 0 amide bonds. The van der Waals surface area contributed by atoms with Crippen molar-refractivity contribution in [2.45, 2.75) is 129 Å². The molecule has 0 radical (unpaired) electrons. The maximum atomic E-state index is 14.3. The Hall–Kier alpha value is -0.490. The normalized spacial score (nSPS) is 13.8. The van der Waals surface area contributed by atoms with E-state index in [2.05, 4.69) is 6.92 Å². The van der Waals surface area contributed by atoms with Gasteiger partial charge in [-0.05, 0) is 20.3 Å². The molecular formula is C24H48FO6P. The molecule has 0 rings (SSSR count). The fourth-order valence-electron chi connectivity index (χ4n) is 3.53. The molecule has 0 fully saturated rings. The third-order valence-corrected chi connectivity index (χ3v) is 7.48. The summed E-state index contributed by atoms with van der Waals surface area (Å²) in [5, 5.41) is 9.90. The number of halogens is 1. The lowest BCUT2D eigenvalue weighted by Crippen LogP contribution is -2.23. The van der Waals surface area contributed by atoms with Crippen LogP contribution in [0, 0.1) is 0 Å². The van der Waals surface area contributed by atoms with Gasteiger partial charge in [0, 0.05) is 12.8 Å². The summed E-state index contributed by atoms with van der Waals surface area (Å²) < 4.78 is 41.4. The van der Waals surface area contributed by atoms with Crippen LogP contribution in [0.1, 0.15) is 117 Å². The molecule has 0 aliphatic carbocycles. The van der Waals surface area contributed by atoms with E-state index >= 15 is 0 Å². The molecule has 0 heterocycles. The van der Waals surface area contributed by atoms with Gasteiger partial charge in [-0.2, -0.15) is 0 Å². The van der Waals surface area contributed by atoms with Crippen molar-refractivity contribution in [3.63, 3.8) is 0 Å². The zero-order valence-electron chi connectivity index (χ0n) is 20.7. The van der Waals surface area contributed by atoms with Crippen LogP contribution < -0.4 is 0 Å². The minimum Gasteiger partial charge on any atom is -0.463 e. The van der Waals surface area contributed by atoms with Crippen LogP contribution in [0.3, 0.4) is 0 Å². The number of aliphatic hydroxyl groups is 1. The smallest absolute Gasteiger partial charge is 0.364 e. The number of hydrogen-bond donors (Lipinski definition) is 1. The topological polar surface area (TPSA) is 82.1 Å². The summed E-state index contributed by atoms with van der Waals surface area (Å²) in [7, 11) is -3.92. The van der Waals surface area contributed by atoms with E-state index in [0.29, 0.717) is 6.42 Å². The van der Waals surface area contributed by atoms with Gasteiger partial charge in [-0.25, -0.2) is 4.39 Å². The first-order valence-electron chi connectivity index (χ1n) is 12.8. The monoisotopic (exact) mass is 482 g/mol. The molecule has 0 saturated carbocycles. The van der Waals surface area contributed by atoms with Gasteiger partial charge in [0.05, 0.1) is 19.3 Å². The van der Waals surface area contributed by atoms with E-state index in [-0.39, 0.29) is 19.8 Å². The Kier molecular flexibility index (Phi) is 20.7. The number of ether oxygens (including phenoxy) is 1. The average molecular weight is 483 g/mol. The largest absolute Gasteiger partial charge is 0.463 e. The van der Waals surface area contributed by atoms with E-state index in [1.807, 2.05) is 0 Å². The van der Waals surface area contributed by atoms with Crippen molar-refractivity contribution in [2.24, 2.45) is 0 Å². The molecule has 2 atom stereocenters. The van der Waals surface area contributed by atoms with E-state index in [4.69, 9.17) is 13.8 Å². The van der Waals surface area contributed by atoms with Gasteiger partial charge in [-0.15, -0.1) is 0 Å². The molecule has 0 aliphatic rings. The molecule has 1 N–H and O–H groups in total. The number of alkyl halides is 1. The minimum atomic E-state index is -3.92. The van der Waals surface area contributed by atoms with Crippen LogP contribution in [0.2, 0.25) is 0 Å². The van der Waals surface area contributed by atoms with Gasteiger partial charge < -0.3 is 18.9 Å². The Morgan fingerprint density at radius 1 is 0.812 bits per heavy atom. The number of rotatable bonds is 23. The predicted octanol–water partition coefficient (Wildman–Crippen LogP) is 7.32. The Bertz CT molecular complexity index is 481. The molecule has 0 saturated heterocycles. The zero-order valence-corrected chi connectivity index (χ0v) is 21.6. The maximum Gasteiger partial charge on any atom is 0.364 e. The fraction of sp³-hybridized carbons (Fsp3) is 0.958. The van der Waals surface area contributed by atoms with E-state index in [9.17, 15) is 18.9 Å². The Labute approximate surface area is 195 Å². The molecule has 0 aromatic heterocycles. The van der Waals surface area contributed by atoms with Crippen molar-refractivity contribution >= 4 is 13.6 Å². The molecule has 0 aliphatic heterocycles. The van der Waals surface area contributed by atoms with Crippen molar-refractivity contribution in [3.8, 4) is 0 Å². The highest BCUT2D eigenvalue weighted by atomic mass is 31.2. The molecular weight excluding hydrogens is 434 g/mol. The van der Waals surface area contributed by atoms with Gasteiger partial charge in [0.25, 0.3) is 0 Å². The second-order valence-electron chi connectivity index (χ2n) is 8.38. The van der Waals surface area contributed by atoms with Crippen LogP contribution in [-0.2, 0) is 23.1 Å². The van der Waals surface area contributed by atoms with Gasteiger partial charge in [0.2, 0.25) is 5.91 Å². The predicted molar refractivity (Wildman–Crippen MR) is 128 cm³/mol. The van der Waals surface area contributed by atoms with Crippen molar-refractivity contribution < 1.29 is 32.6 Å². The third-order valence-electron chi connectivity index (χ3n) is 5.35.